The number of carbonyl (C=O) groups is 1. The lowest BCUT2D eigenvalue weighted by Crippen LogP contribution is -2.32. The lowest BCUT2D eigenvalue weighted by atomic mass is 10.2. The molecular weight excluding hydrogens is 420 g/mol. The highest BCUT2D eigenvalue weighted by Gasteiger charge is 2.21. The van der Waals surface area contributed by atoms with Crippen LogP contribution < -0.4 is 10.9 Å². The average Bonchev–Trinajstić information content (AvgIpc) is 3.30. The SMILES string of the molecule is CCN(CC)S(=O)(=O)c1ccc(C(=O)NCCn2nc(-n3cccn3)ccc2=O)cc1. The van der Waals surface area contributed by atoms with Gasteiger partial charge in [0, 0.05) is 43.7 Å². The van der Waals surface area contributed by atoms with Gasteiger partial charge in [-0.1, -0.05) is 13.8 Å². The lowest BCUT2D eigenvalue weighted by Gasteiger charge is -2.18. The summed E-state index contributed by atoms with van der Waals surface area (Å²) in [6, 6.07) is 10.5. The number of carbonyl (C=O) groups excluding carboxylic acids is 1. The van der Waals surface area contributed by atoms with Crippen molar-refractivity contribution in [1.82, 2.24) is 29.2 Å². The molecule has 1 amide bonds. The molecule has 3 aromatic rings. The molecule has 164 valence electrons. The predicted molar refractivity (Wildman–Crippen MR) is 115 cm³/mol. The van der Waals surface area contributed by atoms with E-state index in [9.17, 15) is 18.0 Å². The van der Waals surface area contributed by atoms with Gasteiger partial charge in [0.25, 0.3) is 11.5 Å². The number of hydrogen-bond acceptors (Lipinski definition) is 6. The van der Waals surface area contributed by atoms with E-state index in [1.54, 1.807) is 38.4 Å². The van der Waals surface area contributed by atoms with Crippen molar-refractivity contribution in [3.05, 3.63) is 70.8 Å². The fraction of sp³-hybridized carbons (Fsp3) is 0.300. The summed E-state index contributed by atoms with van der Waals surface area (Å²) in [5.41, 5.74) is 0.0280. The molecule has 0 atom stereocenters. The molecule has 1 aromatic carbocycles. The quantitative estimate of drug-likeness (QED) is 0.524. The molecule has 10 nitrogen and oxygen atoms in total. The van der Waals surface area contributed by atoms with Crippen LogP contribution >= 0.6 is 0 Å². The zero-order valence-corrected chi connectivity index (χ0v) is 18.1. The predicted octanol–water partition coefficient (Wildman–Crippen LogP) is 0.889. The van der Waals surface area contributed by atoms with Crippen LogP contribution in [0.2, 0.25) is 0 Å². The fourth-order valence-corrected chi connectivity index (χ4v) is 4.45. The molecule has 0 spiro atoms. The first kappa shape index (κ1) is 22.4. The second kappa shape index (κ2) is 9.67. The minimum atomic E-state index is -3.58. The Morgan fingerprint density at radius 2 is 1.81 bits per heavy atom. The molecule has 2 heterocycles. The maximum atomic E-state index is 12.5. The van der Waals surface area contributed by atoms with Crippen molar-refractivity contribution in [2.75, 3.05) is 19.6 Å². The van der Waals surface area contributed by atoms with Gasteiger partial charge in [-0.05, 0) is 36.4 Å². The van der Waals surface area contributed by atoms with Gasteiger partial charge in [0.05, 0.1) is 11.4 Å². The molecule has 0 saturated carbocycles. The largest absolute Gasteiger partial charge is 0.350 e. The van der Waals surface area contributed by atoms with E-state index in [-0.39, 0.29) is 29.5 Å². The van der Waals surface area contributed by atoms with Gasteiger partial charge in [-0.15, -0.1) is 5.10 Å². The number of nitrogens with zero attached hydrogens (tertiary/aromatic N) is 5. The third-order valence-corrected chi connectivity index (χ3v) is 6.72. The second-order valence-electron chi connectivity index (χ2n) is 6.57. The standard InChI is InChI=1S/C20H24N6O4S/c1-3-24(4-2)31(29,30)17-8-6-16(7-9-17)20(28)21-13-15-26-19(27)11-10-18(23-26)25-14-5-12-22-25/h5-12,14H,3-4,13,15H2,1-2H3,(H,21,28). The maximum Gasteiger partial charge on any atom is 0.266 e. The van der Waals surface area contributed by atoms with Crippen LogP contribution in [0, 0.1) is 0 Å². The van der Waals surface area contributed by atoms with E-state index < -0.39 is 10.0 Å². The molecule has 0 aliphatic heterocycles. The van der Waals surface area contributed by atoms with E-state index in [2.05, 4.69) is 15.5 Å². The molecule has 2 aromatic heterocycles. The Kier molecular flexibility index (Phi) is 6.98. The van der Waals surface area contributed by atoms with Gasteiger partial charge in [-0.3, -0.25) is 9.59 Å². The normalized spacial score (nSPS) is 11.6. The van der Waals surface area contributed by atoms with Crippen molar-refractivity contribution in [3.63, 3.8) is 0 Å². The summed E-state index contributed by atoms with van der Waals surface area (Å²) in [5, 5.41) is 11.0. The number of hydrogen-bond donors (Lipinski definition) is 1. The van der Waals surface area contributed by atoms with Crippen molar-refractivity contribution in [2.45, 2.75) is 25.3 Å². The number of aromatic nitrogens is 4. The van der Waals surface area contributed by atoms with Gasteiger partial charge < -0.3 is 5.32 Å². The molecule has 0 unspecified atom stereocenters. The summed E-state index contributed by atoms with van der Waals surface area (Å²) in [5.74, 6) is 0.115. The Hall–Kier alpha value is -3.31. The van der Waals surface area contributed by atoms with Crippen molar-refractivity contribution in [2.24, 2.45) is 0 Å². The summed E-state index contributed by atoms with van der Waals surface area (Å²) >= 11 is 0. The minimum Gasteiger partial charge on any atom is -0.350 e. The monoisotopic (exact) mass is 444 g/mol. The molecule has 0 saturated heterocycles. The van der Waals surface area contributed by atoms with E-state index in [1.807, 2.05) is 0 Å². The summed E-state index contributed by atoms with van der Waals surface area (Å²) in [6.45, 7) is 4.63. The van der Waals surface area contributed by atoms with Crippen LogP contribution in [0.5, 0.6) is 0 Å². The van der Waals surface area contributed by atoms with E-state index in [4.69, 9.17) is 0 Å². The van der Waals surface area contributed by atoms with Gasteiger partial charge in [0.15, 0.2) is 5.82 Å². The first-order valence-electron chi connectivity index (χ1n) is 9.83. The van der Waals surface area contributed by atoms with Crippen LogP contribution in [0.25, 0.3) is 5.82 Å². The highest BCUT2D eigenvalue weighted by atomic mass is 32.2. The second-order valence-corrected chi connectivity index (χ2v) is 8.51. The van der Waals surface area contributed by atoms with Gasteiger partial charge in [0.1, 0.15) is 0 Å². The van der Waals surface area contributed by atoms with Gasteiger partial charge in [-0.25, -0.2) is 17.8 Å². The van der Waals surface area contributed by atoms with Crippen molar-refractivity contribution < 1.29 is 13.2 Å². The zero-order chi connectivity index (χ0) is 22.4. The molecule has 1 N–H and O–H groups in total. The highest BCUT2D eigenvalue weighted by molar-refractivity contribution is 7.89. The van der Waals surface area contributed by atoms with Crippen molar-refractivity contribution >= 4 is 15.9 Å². The number of rotatable bonds is 9. The van der Waals surface area contributed by atoms with Crippen LogP contribution in [-0.4, -0.2) is 57.8 Å². The molecule has 31 heavy (non-hydrogen) atoms. The average molecular weight is 445 g/mol. The number of nitrogens with one attached hydrogen (secondary N) is 1. The summed E-state index contributed by atoms with van der Waals surface area (Å²) in [6.07, 6.45) is 3.32. The zero-order valence-electron chi connectivity index (χ0n) is 17.3. The minimum absolute atomic E-state index is 0.138. The molecular formula is C20H24N6O4S. The summed E-state index contributed by atoms with van der Waals surface area (Å²) in [7, 11) is -3.58. The van der Waals surface area contributed by atoms with Crippen LogP contribution in [0.1, 0.15) is 24.2 Å². The Labute approximate surface area is 180 Å². The van der Waals surface area contributed by atoms with Crippen molar-refractivity contribution in [1.29, 1.82) is 0 Å². The van der Waals surface area contributed by atoms with Crippen LogP contribution in [-0.2, 0) is 16.6 Å². The van der Waals surface area contributed by atoms with Gasteiger partial charge in [0.2, 0.25) is 10.0 Å². The fourth-order valence-electron chi connectivity index (χ4n) is 2.99. The molecule has 11 heteroatoms. The van der Waals surface area contributed by atoms with Crippen LogP contribution in [0.3, 0.4) is 0 Å². The molecule has 0 radical (unpaired) electrons. The molecule has 0 fully saturated rings. The van der Waals surface area contributed by atoms with E-state index in [0.717, 1.165) is 0 Å². The van der Waals surface area contributed by atoms with E-state index in [0.29, 0.717) is 24.5 Å². The number of sulfonamides is 1. The smallest absolute Gasteiger partial charge is 0.266 e. The molecule has 0 aliphatic rings. The number of benzene rings is 1. The number of amides is 1. The molecule has 3 rings (SSSR count). The molecule has 0 aliphatic carbocycles. The van der Waals surface area contributed by atoms with Crippen LogP contribution in [0.15, 0.2) is 64.5 Å². The van der Waals surface area contributed by atoms with Gasteiger partial charge >= 0.3 is 0 Å². The lowest BCUT2D eigenvalue weighted by molar-refractivity contribution is 0.0951. The Bertz CT molecular complexity index is 1180. The third kappa shape index (κ3) is 5.06. The Morgan fingerprint density at radius 3 is 2.42 bits per heavy atom. The van der Waals surface area contributed by atoms with Crippen molar-refractivity contribution in [3.8, 4) is 5.82 Å². The Balaban J connectivity index is 1.63. The Morgan fingerprint density at radius 1 is 1.10 bits per heavy atom. The first-order valence-corrected chi connectivity index (χ1v) is 11.3. The van der Waals surface area contributed by atoms with Gasteiger partial charge in [-0.2, -0.15) is 9.40 Å². The maximum absolute atomic E-state index is 12.5. The summed E-state index contributed by atoms with van der Waals surface area (Å²) < 4.78 is 29.2. The first-order chi connectivity index (χ1) is 14.9. The van der Waals surface area contributed by atoms with Crippen LogP contribution in [0.4, 0.5) is 0 Å². The third-order valence-electron chi connectivity index (χ3n) is 4.66. The van der Waals surface area contributed by atoms with E-state index in [1.165, 1.54) is 44.0 Å². The summed E-state index contributed by atoms with van der Waals surface area (Å²) in [4.78, 5) is 24.5. The molecule has 0 bridgehead atoms. The highest BCUT2D eigenvalue weighted by Crippen LogP contribution is 2.16. The topological polar surface area (TPSA) is 119 Å². The van der Waals surface area contributed by atoms with E-state index >= 15 is 0 Å².